The highest BCUT2D eigenvalue weighted by molar-refractivity contribution is 5.70. The monoisotopic (exact) mass is 743 g/mol. The van der Waals surface area contributed by atoms with Gasteiger partial charge < -0.3 is 28.4 Å². The van der Waals surface area contributed by atoms with E-state index in [0.717, 1.165) is 26.1 Å². The molecule has 0 aliphatic carbocycles. The minimum Gasteiger partial charge on any atom is -0.463 e. The Labute approximate surface area is 321 Å². The van der Waals surface area contributed by atoms with Crippen molar-refractivity contribution >= 4 is 11.9 Å². The molecule has 0 fully saturated rings. The van der Waals surface area contributed by atoms with E-state index in [2.05, 4.69) is 13.8 Å². The summed E-state index contributed by atoms with van der Waals surface area (Å²) in [6.07, 6.45) is 33.9. The summed E-state index contributed by atoms with van der Waals surface area (Å²) in [5.41, 5.74) is 0. The Balaban J connectivity index is 3.40. The number of ether oxygens (including phenoxy) is 6. The maximum atomic E-state index is 12.0. The van der Waals surface area contributed by atoms with Crippen LogP contribution in [0.3, 0.4) is 0 Å². The zero-order chi connectivity index (χ0) is 38.0. The Kier molecular flexibility index (Phi) is 41.5. The number of esters is 2. The zero-order valence-corrected chi connectivity index (χ0v) is 34.9. The van der Waals surface area contributed by atoms with Crippen LogP contribution in [0.25, 0.3) is 0 Å². The van der Waals surface area contributed by atoms with Crippen LogP contribution in [0.15, 0.2) is 0 Å². The number of unbranched alkanes of at least 4 members (excludes halogenated alkanes) is 23. The Hall–Kier alpha value is -1.22. The molecule has 0 aromatic rings. The molecular formula is C44H86O8. The van der Waals surface area contributed by atoms with Crippen molar-refractivity contribution in [3.63, 3.8) is 0 Å². The van der Waals surface area contributed by atoms with Gasteiger partial charge in [-0.15, -0.1) is 0 Å². The standard InChI is InChI=1S/C44H86O8/c1-5-7-9-11-13-15-17-19-21-23-25-29-33-49-41(3)39-47-35-37-51-43(45)31-27-28-32-44(46)52-38-36-48-40-42(4)50-34-30-26-24-22-20-18-16-14-12-10-8-6-2/h41-42H,5-40H2,1-4H3. The number of hydrogen-bond donors (Lipinski definition) is 0. The first-order valence-corrected chi connectivity index (χ1v) is 22.2. The van der Waals surface area contributed by atoms with Crippen LogP contribution in [0.4, 0.5) is 0 Å². The molecule has 310 valence electrons. The Morgan fingerprint density at radius 2 is 0.654 bits per heavy atom. The molecular weight excluding hydrogens is 656 g/mol. The second-order valence-corrected chi connectivity index (χ2v) is 14.9. The van der Waals surface area contributed by atoms with Crippen LogP contribution in [0.1, 0.15) is 207 Å². The first-order valence-electron chi connectivity index (χ1n) is 22.2. The Bertz CT molecular complexity index is 673. The lowest BCUT2D eigenvalue weighted by Gasteiger charge is -2.14. The normalized spacial score (nSPS) is 12.6. The van der Waals surface area contributed by atoms with Gasteiger partial charge in [0, 0.05) is 26.1 Å². The van der Waals surface area contributed by atoms with Gasteiger partial charge in [0.15, 0.2) is 0 Å². The average Bonchev–Trinajstić information content (AvgIpc) is 3.13. The second-order valence-electron chi connectivity index (χ2n) is 14.9. The lowest BCUT2D eigenvalue weighted by molar-refractivity contribution is -0.147. The second kappa shape index (κ2) is 42.5. The molecule has 52 heavy (non-hydrogen) atoms. The minimum atomic E-state index is -0.267. The summed E-state index contributed by atoms with van der Waals surface area (Å²) in [7, 11) is 0. The third-order valence-corrected chi connectivity index (χ3v) is 9.50. The highest BCUT2D eigenvalue weighted by atomic mass is 16.6. The number of carbonyl (C=O) groups is 2. The smallest absolute Gasteiger partial charge is 0.305 e. The van der Waals surface area contributed by atoms with E-state index in [0.29, 0.717) is 39.3 Å². The molecule has 0 saturated heterocycles. The molecule has 8 heteroatoms. The summed E-state index contributed by atoms with van der Waals surface area (Å²) in [5.74, 6) is -0.534. The van der Waals surface area contributed by atoms with E-state index >= 15 is 0 Å². The van der Waals surface area contributed by atoms with Crippen molar-refractivity contribution < 1.29 is 38.0 Å². The fraction of sp³-hybridized carbons (Fsp3) is 0.955. The topological polar surface area (TPSA) is 89.5 Å². The molecule has 0 amide bonds. The lowest BCUT2D eigenvalue weighted by Crippen LogP contribution is -2.19. The van der Waals surface area contributed by atoms with Crippen molar-refractivity contribution in [3.8, 4) is 0 Å². The minimum absolute atomic E-state index is 0.0334. The molecule has 8 nitrogen and oxygen atoms in total. The summed E-state index contributed by atoms with van der Waals surface area (Å²) in [4.78, 5) is 24.0. The predicted octanol–water partition coefficient (Wildman–Crippen LogP) is 11.9. The van der Waals surface area contributed by atoms with Crippen LogP contribution in [0, 0.1) is 0 Å². The average molecular weight is 743 g/mol. The van der Waals surface area contributed by atoms with E-state index < -0.39 is 0 Å². The quantitative estimate of drug-likeness (QED) is 0.0450. The Morgan fingerprint density at radius 3 is 0.962 bits per heavy atom. The fourth-order valence-electron chi connectivity index (χ4n) is 6.16. The van der Waals surface area contributed by atoms with E-state index in [1.54, 1.807) is 0 Å². The molecule has 0 spiro atoms. The van der Waals surface area contributed by atoms with Crippen molar-refractivity contribution in [2.75, 3.05) is 52.9 Å². The molecule has 0 aliphatic rings. The lowest BCUT2D eigenvalue weighted by atomic mass is 10.1. The SMILES string of the molecule is CCCCCCCCCCCCCCOC(C)COCCOC(=O)CCCCC(=O)OCCOCC(C)OCCCCCCCCCCCCCC. The van der Waals surface area contributed by atoms with Gasteiger partial charge in [-0.1, -0.05) is 155 Å². The van der Waals surface area contributed by atoms with E-state index in [-0.39, 0.29) is 50.2 Å². The zero-order valence-electron chi connectivity index (χ0n) is 34.9. The summed E-state index contributed by atoms with van der Waals surface area (Å²) < 4.78 is 33.4. The summed E-state index contributed by atoms with van der Waals surface area (Å²) in [6, 6.07) is 0. The molecule has 0 rings (SSSR count). The van der Waals surface area contributed by atoms with Crippen LogP contribution >= 0.6 is 0 Å². The van der Waals surface area contributed by atoms with Gasteiger partial charge in [0.05, 0.1) is 38.6 Å². The van der Waals surface area contributed by atoms with Gasteiger partial charge in [-0.25, -0.2) is 0 Å². The van der Waals surface area contributed by atoms with E-state index in [1.165, 1.54) is 141 Å². The molecule has 0 N–H and O–H groups in total. The van der Waals surface area contributed by atoms with Crippen LogP contribution in [-0.2, 0) is 38.0 Å². The van der Waals surface area contributed by atoms with Crippen molar-refractivity contribution in [2.24, 2.45) is 0 Å². The molecule has 2 unspecified atom stereocenters. The number of hydrogen-bond acceptors (Lipinski definition) is 8. The van der Waals surface area contributed by atoms with Crippen LogP contribution in [0.5, 0.6) is 0 Å². The van der Waals surface area contributed by atoms with E-state index in [9.17, 15) is 9.59 Å². The van der Waals surface area contributed by atoms with Crippen LogP contribution < -0.4 is 0 Å². The van der Waals surface area contributed by atoms with Crippen LogP contribution in [-0.4, -0.2) is 77.0 Å². The molecule has 0 radical (unpaired) electrons. The predicted molar refractivity (Wildman–Crippen MR) is 215 cm³/mol. The third-order valence-electron chi connectivity index (χ3n) is 9.50. The molecule has 0 aromatic carbocycles. The van der Waals surface area contributed by atoms with Gasteiger partial charge >= 0.3 is 11.9 Å². The highest BCUT2D eigenvalue weighted by Crippen LogP contribution is 2.13. The van der Waals surface area contributed by atoms with Crippen molar-refractivity contribution in [1.29, 1.82) is 0 Å². The first kappa shape index (κ1) is 50.8. The van der Waals surface area contributed by atoms with E-state index in [1.807, 2.05) is 13.8 Å². The highest BCUT2D eigenvalue weighted by Gasteiger charge is 2.08. The van der Waals surface area contributed by atoms with Crippen LogP contribution in [0.2, 0.25) is 0 Å². The van der Waals surface area contributed by atoms with Crippen molar-refractivity contribution in [1.82, 2.24) is 0 Å². The molecule has 0 heterocycles. The summed E-state index contributed by atoms with van der Waals surface area (Å²) in [5, 5.41) is 0. The largest absolute Gasteiger partial charge is 0.463 e. The number of carbonyl (C=O) groups excluding carboxylic acids is 2. The van der Waals surface area contributed by atoms with Gasteiger partial charge in [-0.2, -0.15) is 0 Å². The van der Waals surface area contributed by atoms with Crippen molar-refractivity contribution in [3.05, 3.63) is 0 Å². The summed E-state index contributed by atoms with van der Waals surface area (Å²) >= 11 is 0. The fourth-order valence-corrected chi connectivity index (χ4v) is 6.16. The van der Waals surface area contributed by atoms with Crippen molar-refractivity contribution in [2.45, 2.75) is 220 Å². The maximum absolute atomic E-state index is 12.0. The van der Waals surface area contributed by atoms with Gasteiger partial charge in [0.2, 0.25) is 0 Å². The molecule has 0 aromatic heterocycles. The number of rotatable bonds is 43. The maximum Gasteiger partial charge on any atom is 0.305 e. The van der Waals surface area contributed by atoms with Gasteiger partial charge in [0.1, 0.15) is 13.2 Å². The van der Waals surface area contributed by atoms with Gasteiger partial charge in [-0.3, -0.25) is 9.59 Å². The molecule has 0 saturated carbocycles. The van der Waals surface area contributed by atoms with Gasteiger partial charge in [0.25, 0.3) is 0 Å². The van der Waals surface area contributed by atoms with E-state index in [4.69, 9.17) is 28.4 Å². The van der Waals surface area contributed by atoms with Gasteiger partial charge in [-0.05, 0) is 39.5 Å². The molecule has 0 bridgehead atoms. The molecule has 0 aliphatic heterocycles. The molecule has 2 atom stereocenters. The summed E-state index contributed by atoms with van der Waals surface area (Å²) in [6.45, 7) is 12.3. The third kappa shape index (κ3) is 41.5. The Morgan fingerprint density at radius 1 is 0.365 bits per heavy atom. The first-order chi connectivity index (χ1) is 25.5.